The normalized spacial score (nSPS) is 11.2. The average molecular weight is 513 g/mol. The Balaban J connectivity index is 0.00000342. The average Bonchev–Trinajstić information content (AvgIpc) is 3.32. The molecular formula is C27H29ClN2O4S. The van der Waals surface area contributed by atoms with Gasteiger partial charge in [-0.1, -0.05) is 55.5 Å². The van der Waals surface area contributed by atoms with Crippen LogP contribution in [0.25, 0.3) is 11.3 Å². The Kier molecular flexibility index (Phi) is 8.98. The van der Waals surface area contributed by atoms with Gasteiger partial charge < -0.3 is 13.9 Å². The van der Waals surface area contributed by atoms with Crippen LogP contribution in [0.15, 0.2) is 95.9 Å². The summed E-state index contributed by atoms with van der Waals surface area (Å²) in [6, 6.07) is 27.5. The van der Waals surface area contributed by atoms with E-state index in [0.717, 1.165) is 31.0 Å². The van der Waals surface area contributed by atoms with Gasteiger partial charge >= 0.3 is 10.1 Å². The van der Waals surface area contributed by atoms with E-state index in [-0.39, 0.29) is 23.1 Å². The van der Waals surface area contributed by atoms with Gasteiger partial charge in [-0.25, -0.2) is 0 Å². The fourth-order valence-electron chi connectivity index (χ4n) is 3.76. The highest BCUT2D eigenvalue weighted by molar-refractivity contribution is 7.87. The summed E-state index contributed by atoms with van der Waals surface area (Å²) in [5.74, 6) is 0.837. The molecule has 0 spiro atoms. The van der Waals surface area contributed by atoms with Gasteiger partial charge in [0, 0.05) is 30.0 Å². The van der Waals surface area contributed by atoms with Crippen molar-refractivity contribution in [3.05, 3.63) is 102 Å². The number of H-pyrrole nitrogens is 1. The molecule has 1 aromatic heterocycles. The van der Waals surface area contributed by atoms with Crippen LogP contribution >= 0.6 is 12.4 Å². The third-order valence-corrected chi connectivity index (χ3v) is 6.78. The van der Waals surface area contributed by atoms with Gasteiger partial charge in [0.25, 0.3) is 0 Å². The zero-order chi connectivity index (χ0) is 24.0. The van der Waals surface area contributed by atoms with Crippen molar-refractivity contribution in [1.82, 2.24) is 9.88 Å². The van der Waals surface area contributed by atoms with Gasteiger partial charge in [0.1, 0.15) is 16.4 Å². The number of benzene rings is 3. The molecule has 184 valence electrons. The van der Waals surface area contributed by atoms with E-state index in [4.69, 9.17) is 8.92 Å². The molecule has 0 amide bonds. The van der Waals surface area contributed by atoms with Gasteiger partial charge in [-0.05, 0) is 54.6 Å². The molecule has 35 heavy (non-hydrogen) atoms. The molecule has 0 aliphatic heterocycles. The van der Waals surface area contributed by atoms with Crippen LogP contribution in [0.3, 0.4) is 0 Å². The fourth-order valence-corrected chi connectivity index (χ4v) is 4.71. The molecule has 1 N–H and O–H groups in total. The topological polar surface area (TPSA) is 71.6 Å². The lowest BCUT2D eigenvalue weighted by Gasteiger charge is -2.19. The zero-order valence-electron chi connectivity index (χ0n) is 19.7. The number of nitrogens with zero attached hydrogens (tertiary/aromatic N) is 1. The molecule has 4 aromatic rings. The number of rotatable bonds is 10. The van der Waals surface area contributed by atoms with Crippen molar-refractivity contribution in [3.63, 3.8) is 0 Å². The number of hydrogen-bond acceptors (Lipinski definition) is 5. The van der Waals surface area contributed by atoms with Gasteiger partial charge in [-0.3, -0.25) is 4.90 Å². The van der Waals surface area contributed by atoms with Crippen molar-refractivity contribution in [2.75, 3.05) is 13.7 Å². The van der Waals surface area contributed by atoms with Crippen LogP contribution in [0.1, 0.15) is 18.2 Å². The molecule has 0 bridgehead atoms. The molecule has 0 saturated carbocycles. The highest BCUT2D eigenvalue weighted by atomic mass is 35.5. The Morgan fingerprint density at radius 3 is 2.20 bits per heavy atom. The standard InChI is InChI=1S/C27H28N2O4S.ClH/c1-3-29(19-21-10-6-4-7-11-21)20-22-14-16-26(28-22)25-18-24(15-17-27(25)32-2)34(30,31)33-23-12-8-5-9-13-23;/h4-18,28H,3,19-20H2,1-2H3;1H. The first-order valence-electron chi connectivity index (χ1n) is 11.1. The predicted octanol–water partition coefficient (Wildman–Crippen LogP) is 5.90. The summed E-state index contributed by atoms with van der Waals surface area (Å²) in [6.07, 6.45) is 0. The second-order valence-corrected chi connectivity index (χ2v) is 9.45. The summed E-state index contributed by atoms with van der Waals surface area (Å²) in [6.45, 7) is 4.62. The summed E-state index contributed by atoms with van der Waals surface area (Å²) < 4.78 is 36.5. The second-order valence-electron chi connectivity index (χ2n) is 7.90. The van der Waals surface area contributed by atoms with E-state index in [1.807, 2.05) is 30.3 Å². The van der Waals surface area contributed by atoms with E-state index >= 15 is 0 Å². The van der Waals surface area contributed by atoms with Crippen molar-refractivity contribution in [2.24, 2.45) is 0 Å². The predicted molar refractivity (Wildman–Crippen MR) is 141 cm³/mol. The van der Waals surface area contributed by atoms with E-state index in [0.29, 0.717) is 11.3 Å². The molecule has 8 heteroatoms. The van der Waals surface area contributed by atoms with Gasteiger partial charge in [-0.2, -0.15) is 8.42 Å². The van der Waals surface area contributed by atoms with Crippen molar-refractivity contribution in [1.29, 1.82) is 0 Å². The lowest BCUT2D eigenvalue weighted by molar-refractivity contribution is 0.268. The van der Waals surface area contributed by atoms with E-state index in [2.05, 4.69) is 28.9 Å². The summed E-state index contributed by atoms with van der Waals surface area (Å²) in [5.41, 5.74) is 3.72. The molecule has 3 aromatic carbocycles. The van der Waals surface area contributed by atoms with E-state index in [1.54, 1.807) is 49.6 Å². The van der Waals surface area contributed by atoms with Crippen molar-refractivity contribution < 1.29 is 17.3 Å². The second kappa shape index (κ2) is 11.9. The number of ether oxygens (including phenoxy) is 1. The minimum Gasteiger partial charge on any atom is -0.496 e. The van der Waals surface area contributed by atoms with Crippen LogP contribution in [0, 0.1) is 0 Å². The Hall–Kier alpha value is -3.26. The smallest absolute Gasteiger partial charge is 0.339 e. The number of aromatic nitrogens is 1. The summed E-state index contributed by atoms with van der Waals surface area (Å²) >= 11 is 0. The maximum absolute atomic E-state index is 12.9. The number of methoxy groups -OCH3 is 1. The molecule has 4 rings (SSSR count). The monoisotopic (exact) mass is 512 g/mol. The van der Waals surface area contributed by atoms with E-state index < -0.39 is 10.1 Å². The van der Waals surface area contributed by atoms with Crippen molar-refractivity contribution >= 4 is 22.5 Å². The fraction of sp³-hybridized carbons (Fsp3) is 0.185. The summed E-state index contributed by atoms with van der Waals surface area (Å²) in [7, 11) is -2.43. The maximum atomic E-state index is 12.9. The van der Waals surface area contributed by atoms with Crippen LogP contribution in [0.4, 0.5) is 0 Å². The number of nitrogens with one attached hydrogen (secondary N) is 1. The minimum absolute atomic E-state index is 0. The quantitative estimate of drug-likeness (QED) is 0.268. The molecular weight excluding hydrogens is 484 g/mol. The Bertz CT molecular complexity index is 1330. The largest absolute Gasteiger partial charge is 0.496 e. The Morgan fingerprint density at radius 2 is 1.54 bits per heavy atom. The molecule has 0 fully saturated rings. The van der Waals surface area contributed by atoms with Crippen LogP contribution in [0.5, 0.6) is 11.5 Å². The first kappa shape index (κ1) is 26.3. The van der Waals surface area contributed by atoms with Gasteiger partial charge in [-0.15, -0.1) is 12.4 Å². The van der Waals surface area contributed by atoms with Gasteiger partial charge in [0.15, 0.2) is 0 Å². The van der Waals surface area contributed by atoms with Crippen molar-refractivity contribution in [2.45, 2.75) is 24.9 Å². The van der Waals surface area contributed by atoms with E-state index in [1.165, 1.54) is 11.6 Å². The number of halogens is 1. The van der Waals surface area contributed by atoms with Gasteiger partial charge in [0.2, 0.25) is 0 Å². The van der Waals surface area contributed by atoms with Crippen molar-refractivity contribution in [3.8, 4) is 22.8 Å². The molecule has 0 unspecified atom stereocenters. The number of hydrogen-bond donors (Lipinski definition) is 1. The molecule has 1 heterocycles. The van der Waals surface area contributed by atoms with Crippen LogP contribution in [-0.4, -0.2) is 32.0 Å². The Labute approximate surface area is 213 Å². The molecule has 0 aliphatic rings. The highest BCUT2D eigenvalue weighted by Gasteiger charge is 2.20. The third kappa shape index (κ3) is 6.66. The van der Waals surface area contributed by atoms with Crippen LogP contribution < -0.4 is 8.92 Å². The number of aromatic amines is 1. The zero-order valence-corrected chi connectivity index (χ0v) is 21.3. The maximum Gasteiger partial charge on any atom is 0.339 e. The third-order valence-electron chi connectivity index (χ3n) is 5.54. The number of para-hydroxylation sites is 1. The molecule has 0 radical (unpaired) electrons. The Morgan fingerprint density at radius 1 is 0.857 bits per heavy atom. The molecule has 0 atom stereocenters. The van der Waals surface area contributed by atoms with E-state index in [9.17, 15) is 8.42 Å². The molecule has 6 nitrogen and oxygen atoms in total. The highest BCUT2D eigenvalue weighted by Crippen LogP contribution is 2.33. The minimum atomic E-state index is -4.00. The first-order valence-corrected chi connectivity index (χ1v) is 12.5. The lowest BCUT2D eigenvalue weighted by Crippen LogP contribution is -2.22. The summed E-state index contributed by atoms with van der Waals surface area (Å²) in [4.78, 5) is 5.81. The molecule has 0 aliphatic carbocycles. The first-order chi connectivity index (χ1) is 16.5. The van der Waals surface area contributed by atoms with Crippen LogP contribution in [0.2, 0.25) is 0 Å². The lowest BCUT2D eigenvalue weighted by atomic mass is 10.1. The van der Waals surface area contributed by atoms with Crippen LogP contribution in [-0.2, 0) is 23.2 Å². The molecule has 0 saturated heterocycles. The van der Waals surface area contributed by atoms with Gasteiger partial charge in [0.05, 0.1) is 7.11 Å². The summed E-state index contributed by atoms with van der Waals surface area (Å²) in [5, 5.41) is 0. The SMILES string of the molecule is CCN(Cc1ccccc1)Cc1ccc(-c2cc(S(=O)(=O)Oc3ccccc3)ccc2OC)[nH]1.Cl.